The molecule has 0 heterocycles. The van der Waals surface area contributed by atoms with E-state index in [9.17, 15) is 19.2 Å². The third-order valence-electron chi connectivity index (χ3n) is 4.37. The molecule has 0 aromatic heterocycles. The Bertz CT molecular complexity index is 396. The Morgan fingerprint density at radius 1 is 0.385 bits per heavy atom. The maximum Gasteiger partial charge on any atom is 0.221 e. The molecular weight excluding hydrogens is 375 g/mol. The number of Topliss-reactive ketones (excluding diaryl/α,β-unsaturated/α-hetero) is 2. The fourth-order valence-corrected chi connectivity index (χ4v) is 3.06. The van der Waals surface area contributed by atoms with Gasteiger partial charge in [0.25, 0.3) is 0 Å². The maximum atomic E-state index is 11.8. The summed E-state index contributed by atoms with van der Waals surface area (Å²) >= 11 is 10.5. The number of rotatable bonds is 19. The average molecular weight is 407 g/mol. The van der Waals surface area contributed by atoms with Gasteiger partial charge >= 0.3 is 0 Å². The van der Waals surface area contributed by atoms with Gasteiger partial charge in [-0.1, -0.05) is 51.4 Å². The molecule has 26 heavy (non-hydrogen) atoms. The summed E-state index contributed by atoms with van der Waals surface area (Å²) in [5, 5.41) is -0.561. The molecule has 0 amide bonds. The van der Waals surface area contributed by atoms with E-state index in [-0.39, 0.29) is 22.1 Å². The van der Waals surface area contributed by atoms with Crippen molar-refractivity contribution in [2.75, 3.05) is 0 Å². The van der Waals surface area contributed by atoms with Gasteiger partial charge in [-0.05, 0) is 48.9 Å². The molecule has 0 aliphatic heterocycles. The van der Waals surface area contributed by atoms with Gasteiger partial charge in [0.2, 0.25) is 10.5 Å². The quantitative estimate of drug-likeness (QED) is 0.152. The zero-order chi connectivity index (χ0) is 19.6. The van der Waals surface area contributed by atoms with Crippen LogP contribution in [0.4, 0.5) is 0 Å². The number of carbonyl (C=O) groups is 4. The number of halogens is 2. The Hall–Kier alpha value is -0.740. The Balaban J connectivity index is 3.42. The minimum absolute atomic E-state index is 0.238. The van der Waals surface area contributed by atoms with Crippen LogP contribution in [0.3, 0.4) is 0 Å². The lowest BCUT2D eigenvalue weighted by Gasteiger charge is -2.03. The Morgan fingerprint density at radius 2 is 0.615 bits per heavy atom. The monoisotopic (exact) mass is 406 g/mol. The molecule has 0 fully saturated rings. The summed E-state index contributed by atoms with van der Waals surface area (Å²) < 4.78 is 0. The van der Waals surface area contributed by atoms with Gasteiger partial charge in [-0.25, -0.2) is 0 Å². The summed E-state index contributed by atoms with van der Waals surface area (Å²) in [6, 6.07) is 0. The molecule has 0 aromatic carbocycles. The molecule has 150 valence electrons. The molecule has 0 spiro atoms. The third-order valence-corrected chi connectivity index (χ3v) is 4.74. The van der Waals surface area contributed by atoms with Gasteiger partial charge in [0, 0.05) is 25.7 Å². The zero-order valence-electron chi connectivity index (χ0n) is 15.7. The minimum Gasteiger partial charge on any atom is -0.291 e. The van der Waals surface area contributed by atoms with E-state index < -0.39 is 0 Å². The van der Waals surface area contributed by atoms with Crippen LogP contribution >= 0.6 is 23.2 Å². The second-order valence-electron chi connectivity index (χ2n) is 6.80. The smallest absolute Gasteiger partial charge is 0.221 e. The summed E-state index contributed by atoms with van der Waals surface area (Å²) in [6.07, 6.45) is 12.7. The van der Waals surface area contributed by atoms with Crippen molar-refractivity contribution in [2.24, 2.45) is 0 Å². The SMILES string of the molecule is O=C(Cl)CCCCCCCCC(=O)C(=O)CCCCCCCCC(=O)Cl. The van der Waals surface area contributed by atoms with E-state index in [0.717, 1.165) is 77.0 Å². The Kier molecular flexibility index (Phi) is 17.2. The fourth-order valence-electron chi connectivity index (χ4n) is 2.79. The number of hydrogen-bond donors (Lipinski definition) is 0. The summed E-state index contributed by atoms with van der Waals surface area (Å²) in [7, 11) is 0. The molecule has 0 rings (SSSR count). The van der Waals surface area contributed by atoms with Gasteiger partial charge in [0.05, 0.1) is 0 Å². The van der Waals surface area contributed by atoms with Crippen molar-refractivity contribution in [2.45, 2.75) is 103 Å². The normalized spacial score (nSPS) is 10.7. The first-order chi connectivity index (χ1) is 12.4. The van der Waals surface area contributed by atoms with Crippen molar-refractivity contribution in [3.8, 4) is 0 Å². The van der Waals surface area contributed by atoms with Crippen molar-refractivity contribution in [3.63, 3.8) is 0 Å². The lowest BCUT2D eigenvalue weighted by atomic mass is 10.0. The number of hydrogen-bond acceptors (Lipinski definition) is 4. The van der Waals surface area contributed by atoms with Gasteiger partial charge in [0.1, 0.15) is 0 Å². The maximum absolute atomic E-state index is 11.8. The first kappa shape index (κ1) is 25.3. The highest BCUT2D eigenvalue weighted by molar-refractivity contribution is 6.63. The summed E-state index contributed by atoms with van der Waals surface area (Å²) in [5.74, 6) is -0.475. The molecule has 0 aliphatic rings. The standard InChI is InChI=1S/C20H32Cl2O4/c21-19(25)15-11-7-3-1-5-9-13-17(23)18(24)14-10-6-2-4-8-12-16-20(22)26/h1-16H2. The van der Waals surface area contributed by atoms with Crippen LogP contribution in [0.2, 0.25) is 0 Å². The van der Waals surface area contributed by atoms with Crippen LogP contribution in [-0.4, -0.2) is 22.1 Å². The van der Waals surface area contributed by atoms with E-state index in [4.69, 9.17) is 23.2 Å². The van der Waals surface area contributed by atoms with Crippen molar-refractivity contribution < 1.29 is 19.2 Å². The average Bonchev–Trinajstić information content (AvgIpc) is 2.58. The second-order valence-corrected chi connectivity index (χ2v) is 7.64. The molecule has 0 aliphatic carbocycles. The number of ketones is 2. The predicted molar refractivity (Wildman–Crippen MR) is 106 cm³/mol. The van der Waals surface area contributed by atoms with Crippen molar-refractivity contribution >= 4 is 45.3 Å². The van der Waals surface area contributed by atoms with Crippen LogP contribution < -0.4 is 0 Å². The molecule has 0 saturated heterocycles. The Labute approximate surface area is 167 Å². The van der Waals surface area contributed by atoms with Crippen LogP contribution in [0, 0.1) is 0 Å². The van der Waals surface area contributed by atoms with E-state index in [1.54, 1.807) is 0 Å². The molecular formula is C20H32Cl2O4. The summed E-state index contributed by atoms with van der Waals surface area (Å²) in [6.45, 7) is 0. The predicted octanol–water partition coefficient (Wildman–Crippen LogP) is 5.90. The van der Waals surface area contributed by atoms with Gasteiger partial charge < -0.3 is 0 Å². The molecule has 0 atom stereocenters. The lowest BCUT2D eigenvalue weighted by Crippen LogP contribution is -2.13. The number of carbonyl (C=O) groups excluding carboxylic acids is 4. The molecule has 0 unspecified atom stereocenters. The zero-order valence-corrected chi connectivity index (χ0v) is 17.2. The lowest BCUT2D eigenvalue weighted by molar-refractivity contribution is -0.136. The van der Waals surface area contributed by atoms with E-state index >= 15 is 0 Å². The summed E-state index contributed by atoms with van der Waals surface area (Å²) in [5.41, 5.74) is 0. The molecule has 0 bridgehead atoms. The summed E-state index contributed by atoms with van der Waals surface area (Å²) in [4.78, 5) is 44.7. The largest absolute Gasteiger partial charge is 0.291 e. The van der Waals surface area contributed by atoms with Crippen LogP contribution in [0.5, 0.6) is 0 Å². The van der Waals surface area contributed by atoms with Crippen LogP contribution in [0.25, 0.3) is 0 Å². The highest BCUT2D eigenvalue weighted by atomic mass is 35.5. The number of unbranched alkanes of at least 4 members (excludes halogenated alkanes) is 10. The molecule has 4 nitrogen and oxygen atoms in total. The van der Waals surface area contributed by atoms with E-state index in [2.05, 4.69) is 0 Å². The van der Waals surface area contributed by atoms with Gasteiger partial charge in [-0.3, -0.25) is 19.2 Å². The highest BCUT2D eigenvalue weighted by Crippen LogP contribution is 2.12. The second kappa shape index (κ2) is 17.7. The van der Waals surface area contributed by atoms with Crippen molar-refractivity contribution in [1.29, 1.82) is 0 Å². The molecule has 0 N–H and O–H groups in total. The van der Waals surface area contributed by atoms with Crippen molar-refractivity contribution in [3.05, 3.63) is 0 Å². The topological polar surface area (TPSA) is 68.3 Å². The molecule has 0 radical (unpaired) electrons. The van der Waals surface area contributed by atoms with E-state index in [0.29, 0.717) is 25.7 Å². The fraction of sp³-hybridized carbons (Fsp3) is 0.800. The third kappa shape index (κ3) is 18.1. The molecule has 0 saturated carbocycles. The molecule has 6 heteroatoms. The van der Waals surface area contributed by atoms with Crippen LogP contribution in [0.1, 0.15) is 103 Å². The van der Waals surface area contributed by atoms with Gasteiger partial charge in [-0.15, -0.1) is 0 Å². The first-order valence-corrected chi connectivity index (χ1v) is 10.6. The van der Waals surface area contributed by atoms with Gasteiger partial charge in [0.15, 0.2) is 11.6 Å². The highest BCUT2D eigenvalue weighted by Gasteiger charge is 2.12. The van der Waals surface area contributed by atoms with Crippen molar-refractivity contribution in [1.82, 2.24) is 0 Å². The van der Waals surface area contributed by atoms with E-state index in [1.807, 2.05) is 0 Å². The van der Waals surface area contributed by atoms with E-state index in [1.165, 1.54) is 0 Å². The molecule has 0 aromatic rings. The van der Waals surface area contributed by atoms with Crippen LogP contribution in [-0.2, 0) is 19.2 Å². The minimum atomic E-state index is -0.281. The first-order valence-electron chi connectivity index (χ1n) is 9.86. The Morgan fingerprint density at radius 3 is 0.885 bits per heavy atom. The van der Waals surface area contributed by atoms with Crippen LogP contribution in [0.15, 0.2) is 0 Å². The van der Waals surface area contributed by atoms with Gasteiger partial charge in [-0.2, -0.15) is 0 Å².